The van der Waals surface area contributed by atoms with Gasteiger partial charge >= 0.3 is 5.97 Å². The molecule has 4 rings (SSSR count). The third-order valence-electron chi connectivity index (χ3n) is 6.62. The lowest BCUT2D eigenvalue weighted by Gasteiger charge is -2.28. The van der Waals surface area contributed by atoms with Gasteiger partial charge in [-0.25, -0.2) is 4.79 Å². The van der Waals surface area contributed by atoms with Gasteiger partial charge in [-0.15, -0.1) is 0 Å². The lowest BCUT2D eigenvalue weighted by molar-refractivity contribution is -0.125. The lowest BCUT2D eigenvalue weighted by atomic mass is 9.84. The smallest absolute Gasteiger partial charge is 0.338 e. The number of hydrogen-bond acceptors (Lipinski definition) is 5. The molecule has 7 nitrogen and oxygen atoms in total. The first kappa shape index (κ1) is 21.2. The first-order valence-electron chi connectivity index (χ1n) is 10.8. The number of esters is 1. The lowest BCUT2D eigenvalue weighted by Crippen LogP contribution is -2.42. The Bertz CT molecular complexity index is 968. The molecule has 7 heteroatoms. The van der Waals surface area contributed by atoms with Crippen LogP contribution in [0.4, 0.5) is 5.69 Å². The molecule has 2 fully saturated rings. The summed E-state index contributed by atoms with van der Waals surface area (Å²) in [7, 11) is 0. The summed E-state index contributed by atoms with van der Waals surface area (Å²) >= 11 is 0. The molecule has 2 bridgehead atoms. The number of nitrogens with one attached hydrogen (secondary N) is 2. The van der Waals surface area contributed by atoms with E-state index < -0.39 is 11.9 Å². The highest BCUT2D eigenvalue weighted by Gasteiger charge is 2.42. The van der Waals surface area contributed by atoms with Crippen molar-refractivity contribution in [3.63, 3.8) is 0 Å². The van der Waals surface area contributed by atoms with Crippen LogP contribution in [-0.2, 0) is 9.53 Å². The maximum atomic E-state index is 12.4. The summed E-state index contributed by atoms with van der Waals surface area (Å²) in [5, 5.41) is 5.72. The Balaban J connectivity index is 1.30. The fourth-order valence-electron chi connectivity index (χ4n) is 5.00. The number of aryl methyl sites for hydroxylation is 1. The third-order valence-corrected chi connectivity index (χ3v) is 6.62. The zero-order chi connectivity index (χ0) is 22.0. The van der Waals surface area contributed by atoms with E-state index in [1.165, 1.54) is 38.0 Å². The van der Waals surface area contributed by atoms with E-state index in [4.69, 9.17) is 9.15 Å². The maximum absolute atomic E-state index is 12.4. The maximum Gasteiger partial charge on any atom is 0.338 e. The van der Waals surface area contributed by atoms with Gasteiger partial charge in [-0.2, -0.15) is 0 Å². The summed E-state index contributed by atoms with van der Waals surface area (Å²) in [5.41, 5.74) is 1.52. The minimum Gasteiger partial charge on any atom is -0.459 e. The van der Waals surface area contributed by atoms with Crippen molar-refractivity contribution in [3.05, 3.63) is 53.5 Å². The molecule has 2 N–H and O–H groups in total. The van der Waals surface area contributed by atoms with Gasteiger partial charge in [0, 0.05) is 11.7 Å². The van der Waals surface area contributed by atoms with Crippen LogP contribution < -0.4 is 10.6 Å². The molecule has 2 aromatic rings. The fourth-order valence-corrected chi connectivity index (χ4v) is 5.00. The Hall–Kier alpha value is -3.09. The molecule has 4 atom stereocenters. The van der Waals surface area contributed by atoms with Crippen LogP contribution in [0.5, 0.6) is 0 Å². The summed E-state index contributed by atoms with van der Waals surface area (Å²) in [6.07, 6.45) is 6.46. The van der Waals surface area contributed by atoms with Gasteiger partial charge in [0.05, 0.1) is 11.8 Å². The number of rotatable bonds is 7. The van der Waals surface area contributed by atoms with E-state index in [1.807, 2.05) is 13.8 Å². The quantitative estimate of drug-likeness (QED) is 0.656. The zero-order valence-electron chi connectivity index (χ0n) is 17.9. The molecule has 1 aromatic carbocycles. The van der Waals surface area contributed by atoms with E-state index >= 15 is 0 Å². The van der Waals surface area contributed by atoms with Crippen molar-refractivity contribution in [2.75, 3.05) is 11.9 Å². The number of hydrogen-bond donors (Lipinski definition) is 2. The topological polar surface area (TPSA) is 97.6 Å². The molecule has 2 aliphatic rings. The molecule has 164 valence electrons. The molecule has 1 aromatic heterocycles. The number of anilines is 1. The van der Waals surface area contributed by atoms with Crippen LogP contribution in [-0.4, -0.2) is 30.4 Å². The normalized spacial score (nSPS) is 22.7. The van der Waals surface area contributed by atoms with Gasteiger partial charge in [0.2, 0.25) is 0 Å². The van der Waals surface area contributed by atoms with E-state index in [9.17, 15) is 14.4 Å². The van der Waals surface area contributed by atoms with E-state index in [0.29, 0.717) is 17.5 Å². The van der Waals surface area contributed by atoms with Gasteiger partial charge in [-0.3, -0.25) is 9.59 Å². The first-order valence-corrected chi connectivity index (χ1v) is 10.8. The Morgan fingerprint density at radius 2 is 2.03 bits per heavy atom. The number of carbonyl (C=O) groups is 3. The van der Waals surface area contributed by atoms with Crippen LogP contribution in [0.25, 0.3) is 0 Å². The van der Waals surface area contributed by atoms with Gasteiger partial charge in [0.1, 0.15) is 0 Å². The minimum absolute atomic E-state index is 0.0873. The van der Waals surface area contributed by atoms with Crippen LogP contribution >= 0.6 is 0 Å². The first-order chi connectivity index (χ1) is 14.9. The van der Waals surface area contributed by atoms with Gasteiger partial charge in [-0.05, 0) is 80.7 Å². The standard InChI is InChI=1S/C24H28N2O5/c1-14-5-7-18(12-20(14)26-23(28)21-4-3-9-30-21)24(29)31-13-22(27)25-15(2)19-11-16-6-8-17(19)10-16/h3-5,7,9,12,15-17,19H,6,8,10-11,13H2,1-2H3,(H,25,27)(H,26,28). The third kappa shape index (κ3) is 4.81. The van der Waals surface area contributed by atoms with Crippen molar-refractivity contribution >= 4 is 23.5 Å². The summed E-state index contributed by atoms with van der Waals surface area (Å²) in [5.74, 6) is 0.914. The largest absolute Gasteiger partial charge is 0.459 e. The number of ether oxygens (including phenoxy) is 1. The monoisotopic (exact) mass is 424 g/mol. The molecule has 1 heterocycles. The number of benzene rings is 1. The molecular formula is C24H28N2O5. The minimum atomic E-state index is -0.615. The Morgan fingerprint density at radius 1 is 1.19 bits per heavy atom. The SMILES string of the molecule is Cc1ccc(C(=O)OCC(=O)NC(C)C2CC3CCC2C3)cc1NC(=O)c1ccco1. The highest BCUT2D eigenvalue weighted by Crippen LogP contribution is 2.49. The number of carbonyl (C=O) groups excluding carboxylic acids is 3. The van der Waals surface area contributed by atoms with Gasteiger partial charge in [0.25, 0.3) is 11.8 Å². The molecule has 0 saturated heterocycles. The van der Waals surface area contributed by atoms with Crippen molar-refractivity contribution in [1.82, 2.24) is 5.32 Å². The average Bonchev–Trinajstić information content (AvgIpc) is 3.51. The van der Waals surface area contributed by atoms with Crippen molar-refractivity contribution in [1.29, 1.82) is 0 Å². The van der Waals surface area contributed by atoms with E-state index in [2.05, 4.69) is 10.6 Å². The molecular weight excluding hydrogens is 396 g/mol. The molecule has 2 saturated carbocycles. The Morgan fingerprint density at radius 3 is 2.71 bits per heavy atom. The molecule has 0 aliphatic heterocycles. The summed E-state index contributed by atoms with van der Waals surface area (Å²) in [4.78, 5) is 36.9. The van der Waals surface area contributed by atoms with Crippen LogP contribution in [0, 0.1) is 24.7 Å². The molecule has 4 unspecified atom stereocenters. The van der Waals surface area contributed by atoms with E-state index in [-0.39, 0.29) is 29.9 Å². The van der Waals surface area contributed by atoms with Crippen LogP contribution in [0.1, 0.15) is 59.1 Å². The average molecular weight is 424 g/mol. The van der Waals surface area contributed by atoms with Gasteiger partial charge in [-0.1, -0.05) is 12.5 Å². The highest BCUT2D eigenvalue weighted by molar-refractivity contribution is 6.03. The second kappa shape index (κ2) is 8.96. The second-order valence-corrected chi connectivity index (χ2v) is 8.73. The van der Waals surface area contributed by atoms with Crippen molar-refractivity contribution in [2.24, 2.45) is 17.8 Å². The zero-order valence-corrected chi connectivity index (χ0v) is 17.9. The van der Waals surface area contributed by atoms with Crippen molar-refractivity contribution < 1.29 is 23.5 Å². The van der Waals surface area contributed by atoms with Crippen molar-refractivity contribution in [2.45, 2.75) is 45.6 Å². The van der Waals surface area contributed by atoms with Crippen LogP contribution in [0.2, 0.25) is 0 Å². The summed E-state index contributed by atoms with van der Waals surface area (Å²) in [6.45, 7) is 3.53. The van der Waals surface area contributed by atoms with Crippen LogP contribution in [0.3, 0.4) is 0 Å². The predicted molar refractivity (Wildman–Crippen MR) is 115 cm³/mol. The van der Waals surface area contributed by atoms with E-state index in [1.54, 1.807) is 24.3 Å². The molecule has 0 radical (unpaired) electrons. The molecule has 2 amide bonds. The molecule has 31 heavy (non-hydrogen) atoms. The fraction of sp³-hybridized carbons (Fsp3) is 0.458. The summed E-state index contributed by atoms with van der Waals surface area (Å²) in [6, 6.07) is 8.12. The van der Waals surface area contributed by atoms with E-state index in [0.717, 1.165) is 11.5 Å². The Labute approximate surface area is 181 Å². The van der Waals surface area contributed by atoms with Crippen LogP contribution in [0.15, 0.2) is 41.0 Å². The summed E-state index contributed by atoms with van der Waals surface area (Å²) < 4.78 is 10.3. The number of furan rings is 1. The Kier molecular flexibility index (Phi) is 6.11. The molecule has 0 spiro atoms. The highest BCUT2D eigenvalue weighted by atomic mass is 16.5. The predicted octanol–water partition coefficient (Wildman–Crippen LogP) is 3.94. The number of fused-ring (bicyclic) bond motifs is 2. The van der Waals surface area contributed by atoms with Gasteiger partial charge < -0.3 is 19.8 Å². The molecule has 2 aliphatic carbocycles. The number of amides is 2. The second-order valence-electron chi connectivity index (χ2n) is 8.73. The van der Waals surface area contributed by atoms with Gasteiger partial charge in [0.15, 0.2) is 12.4 Å². The van der Waals surface area contributed by atoms with Crippen molar-refractivity contribution in [3.8, 4) is 0 Å².